The largest absolute Gasteiger partial charge is 0.493 e. The molecule has 0 aromatic heterocycles. The van der Waals surface area contributed by atoms with Gasteiger partial charge in [-0.2, -0.15) is 5.10 Å². The molecule has 0 saturated carbocycles. The first-order valence-electron chi connectivity index (χ1n) is 12.2. The quantitative estimate of drug-likeness (QED) is 0.126. The van der Waals surface area contributed by atoms with Crippen LogP contribution < -0.4 is 29.1 Å². The zero-order chi connectivity index (χ0) is 27.6. The Bertz CT molecular complexity index is 1490. The molecule has 39 heavy (non-hydrogen) atoms. The third kappa shape index (κ3) is 6.84. The number of fused-ring (bicyclic) bond motifs is 1. The molecular weight excluding hydrogens is 500 g/mol. The Morgan fingerprint density at radius 2 is 1.56 bits per heavy atom. The van der Waals surface area contributed by atoms with E-state index < -0.39 is 11.9 Å². The van der Waals surface area contributed by atoms with Gasteiger partial charge in [0.15, 0.2) is 29.6 Å². The zero-order valence-corrected chi connectivity index (χ0v) is 21.8. The number of ether oxygens (including phenoxy) is 5. The summed E-state index contributed by atoms with van der Waals surface area (Å²) in [6.07, 6.45) is 1.46. The van der Waals surface area contributed by atoms with Crippen molar-refractivity contribution >= 4 is 28.9 Å². The van der Waals surface area contributed by atoms with E-state index in [2.05, 4.69) is 10.5 Å². The minimum absolute atomic E-state index is 0.194. The lowest BCUT2D eigenvalue weighted by atomic mass is 10.1. The van der Waals surface area contributed by atoms with E-state index in [1.807, 2.05) is 49.4 Å². The van der Waals surface area contributed by atoms with Crippen molar-refractivity contribution in [2.75, 3.05) is 27.4 Å². The lowest BCUT2D eigenvalue weighted by Gasteiger charge is -2.12. The van der Waals surface area contributed by atoms with Crippen LogP contribution in [0.25, 0.3) is 10.8 Å². The van der Waals surface area contributed by atoms with Gasteiger partial charge in [0.1, 0.15) is 5.75 Å². The molecule has 9 heteroatoms. The van der Waals surface area contributed by atoms with Gasteiger partial charge in [0.05, 0.1) is 32.6 Å². The molecule has 0 radical (unpaired) electrons. The van der Waals surface area contributed by atoms with Gasteiger partial charge in [-0.1, -0.05) is 36.4 Å². The summed E-state index contributed by atoms with van der Waals surface area (Å²) >= 11 is 0. The molecule has 4 aromatic rings. The van der Waals surface area contributed by atoms with Crippen molar-refractivity contribution in [3.63, 3.8) is 0 Å². The predicted octanol–water partition coefficient (Wildman–Crippen LogP) is 5.00. The Morgan fingerprint density at radius 1 is 0.795 bits per heavy atom. The molecule has 4 rings (SSSR count). The standard InChI is InChI=1S/C30H28N2O7/c1-4-37-28-16-20(12-14-26(28)39-30(34)22-13-15-25(35-2)27(17-22)36-3)18-31-32-29(33)19-38-24-11-7-9-21-8-5-6-10-23(21)24/h5-18H,4,19H2,1-3H3,(H,32,33)/b31-18+. The first kappa shape index (κ1) is 27.0. The highest BCUT2D eigenvalue weighted by Crippen LogP contribution is 2.31. The molecule has 4 aromatic carbocycles. The van der Waals surface area contributed by atoms with Crippen molar-refractivity contribution in [3.05, 3.63) is 90.0 Å². The van der Waals surface area contributed by atoms with Gasteiger partial charge in [-0.15, -0.1) is 0 Å². The Morgan fingerprint density at radius 3 is 2.36 bits per heavy atom. The fraction of sp³-hybridized carbons (Fsp3) is 0.167. The second kappa shape index (κ2) is 13.0. The molecule has 0 saturated heterocycles. The monoisotopic (exact) mass is 528 g/mol. The summed E-state index contributed by atoms with van der Waals surface area (Å²) in [5.74, 6) is 1.11. The van der Waals surface area contributed by atoms with Gasteiger partial charge in [0, 0.05) is 5.39 Å². The highest BCUT2D eigenvalue weighted by Gasteiger charge is 2.16. The topological polar surface area (TPSA) is 105 Å². The van der Waals surface area contributed by atoms with Gasteiger partial charge in [-0.3, -0.25) is 4.79 Å². The normalized spacial score (nSPS) is 10.7. The van der Waals surface area contributed by atoms with E-state index in [0.29, 0.717) is 35.2 Å². The second-order valence-corrected chi connectivity index (χ2v) is 8.16. The van der Waals surface area contributed by atoms with Gasteiger partial charge < -0.3 is 23.7 Å². The van der Waals surface area contributed by atoms with Crippen LogP contribution in [0.2, 0.25) is 0 Å². The van der Waals surface area contributed by atoms with Crippen LogP contribution in [-0.4, -0.2) is 45.5 Å². The van der Waals surface area contributed by atoms with Crippen LogP contribution in [0.15, 0.2) is 84.0 Å². The van der Waals surface area contributed by atoms with Crippen molar-refractivity contribution in [1.82, 2.24) is 5.43 Å². The average molecular weight is 529 g/mol. The number of carbonyl (C=O) groups is 2. The molecular formula is C30H28N2O7. The highest BCUT2D eigenvalue weighted by atomic mass is 16.6. The average Bonchev–Trinajstić information content (AvgIpc) is 2.97. The maximum atomic E-state index is 12.7. The second-order valence-electron chi connectivity index (χ2n) is 8.16. The van der Waals surface area contributed by atoms with Crippen LogP contribution in [0, 0.1) is 0 Å². The fourth-order valence-electron chi connectivity index (χ4n) is 3.76. The third-order valence-corrected chi connectivity index (χ3v) is 5.60. The first-order valence-corrected chi connectivity index (χ1v) is 12.2. The van der Waals surface area contributed by atoms with Gasteiger partial charge in [0.25, 0.3) is 5.91 Å². The smallest absolute Gasteiger partial charge is 0.343 e. The van der Waals surface area contributed by atoms with Crippen LogP contribution in [0.4, 0.5) is 0 Å². The van der Waals surface area contributed by atoms with Crippen LogP contribution in [0.5, 0.6) is 28.7 Å². The predicted molar refractivity (Wildman–Crippen MR) is 147 cm³/mol. The van der Waals surface area contributed by atoms with E-state index in [9.17, 15) is 9.59 Å². The molecule has 0 aliphatic rings. The number of esters is 1. The summed E-state index contributed by atoms with van der Waals surface area (Å²) in [5, 5.41) is 5.94. The van der Waals surface area contributed by atoms with Crippen LogP contribution in [0.3, 0.4) is 0 Å². The van der Waals surface area contributed by atoms with Crippen LogP contribution in [0.1, 0.15) is 22.8 Å². The number of nitrogens with one attached hydrogen (secondary N) is 1. The molecule has 1 amide bonds. The van der Waals surface area contributed by atoms with Gasteiger partial charge in [-0.05, 0) is 60.3 Å². The molecule has 0 aliphatic carbocycles. The zero-order valence-electron chi connectivity index (χ0n) is 21.8. The van der Waals surface area contributed by atoms with Gasteiger partial charge in [0.2, 0.25) is 0 Å². The fourth-order valence-corrected chi connectivity index (χ4v) is 3.76. The Hall–Kier alpha value is -5.05. The molecule has 0 unspecified atom stereocenters. The summed E-state index contributed by atoms with van der Waals surface area (Å²) in [4.78, 5) is 25.0. The number of rotatable bonds is 11. The van der Waals surface area contributed by atoms with Gasteiger partial charge in [-0.25, -0.2) is 10.2 Å². The highest BCUT2D eigenvalue weighted by molar-refractivity contribution is 5.92. The SMILES string of the molecule is CCOc1cc(/C=N/NC(=O)COc2cccc3ccccc23)ccc1OC(=O)c1ccc(OC)c(OC)c1. The minimum atomic E-state index is -0.586. The number of methoxy groups -OCH3 is 2. The molecule has 9 nitrogen and oxygen atoms in total. The molecule has 0 aliphatic heterocycles. The van der Waals surface area contributed by atoms with Crippen molar-refractivity contribution in [2.45, 2.75) is 6.92 Å². The molecule has 200 valence electrons. The number of carbonyl (C=O) groups excluding carboxylic acids is 2. The molecule has 0 bridgehead atoms. The summed E-state index contributed by atoms with van der Waals surface area (Å²) in [5.41, 5.74) is 3.36. The molecule has 0 spiro atoms. The maximum Gasteiger partial charge on any atom is 0.343 e. The first-order chi connectivity index (χ1) is 19.0. The number of hydrogen-bond acceptors (Lipinski definition) is 8. The lowest BCUT2D eigenvalue weighted by Crippen LogP contribution is -2.24. The molecule has 0 heterocycles. The molecule has 0 atom stereocenters. The van der Waals surface area contributed by atoms with E-state index in [-0.39, 0.29) is 17.9 Å². The summed E-state index contributed by atoms with van der Waals surface area (Å²) in [6.45, 7) is 1.97. The number of amides is 1. The number of benzene rings is 4. The lowest BCUT2D eigenvalue weighted by molar-refractivity contribution is -0.123. The van der Waals surface area contributed by atoms with Crippen molar-refractivity contribution in [3.8, 4) is 28.7 Å². The van der Waals surface area contributed by atoms with E-state index >= 15 is 0 Å². The minimum Gasteiger partial charge on any atom is -0.493 e. The Labute approximate surface area is 225 Å². The van der Waals surface area contributed by atoms with E-state index in [0.717, 1.165) is 10.8 Å². The summed E-state index contributed by atoms with van der Waals surface area (Å²) in [6, 6.07) is 23.1. The molecule has 1 N–H and O–H groups in total. The van der Waals surface area contributed by atoms with E-state index in [1.165, 1.54) is 26.5 Å². The van der Waals surface area contributed by atoms with Crippen LogP contribution in [-0.2, 0) is 4.79 Å². The summed E-state index contributed by atoms with van der Waals surface area (Å²) < 4.78 is 27.4. The van der Waals surface area contributed by atoms with Crippen molar-refractivity contribution in [1.29, 1.82) is 0 Å². The summed E-state index contributed by atoms with van der Waals surface area (Å²) in [7, 11) is 3.00. The Kier molecular flexibility index (Phi) is 8.97. The third-order valence-electron chi connectivity index (χ3n) is 5.60. The Balaban J connectivity index is 1.38. The van der Waals surface area contributed by atoms with E-state index in [1.54, 1.807) is 30.3 Å². The van der Waals surface area contributed by atoms with E-state index in [4.69, 9.17) is 23.7 Å². The van der Waals surface area contributed by atoms with Gasteiger partial charge >= 0.3 is 5.97 Å². The van der Waals surface area contributed by atoms with Crippen molar-refractivity contribution < 1.29 is 33.3 Å². The molecule has 0 fully saturated rings. The maximum absolute atomic E-state index is 12.7. The number of nitrogens with zero attached hydrogens (tertiary/aromatic N) is 1. The van der Waals surface area contributed by atoms with Crippen molar-refractivity contribution in [2.24, 2.45) is 5.10 Å². The number of hydrazone groups is 1. The van der Waals surface area contributed by atoms with Crippen LogP contribution >= 0.6 is 0 Å². The number of hydrogen-bond donors (Lipinski definition) is 1.